The number of carbonyl (C=O) groups is 2. The molecule has 0 radical (unpaired) electrons. The number of ether oxygens (including phenoxy) is 1. The third-order valence-corrected chi connectivity index (χ3v) is 8.21. The van der Waals surface area contributed by atoms with Crippen molar-refractivity contribution in [2.75, 3.05) is 12.0 Å². The number of rotatable bonds is 5. The Bertz CT molecular complexity index is 1270. The molecular weight excluding hydrogens is 454 g/mol. The van der Waals surface area contributed by atoms with Gasteiger partial charge in [0.1, 0.15) is 5.82 Å². The maximum absolute atomic E-state index is 12.6. The molecule has 1 saturated carbocycles. The third-order valence-electron chi connectivity index (χ3n) is 8.21. The molecule has 36 heavy (non-hydrogen) atoms. The van der Waals surface area contributed by atoms with E-state index in [0.29, 0.717) is 0 Å². The summed E-state index contributed by atoms with van der Waals surface area (Å²) in [6.45, 7) is 4.16. The van der Waals surface area contributed by atoms with E-state index in [2.05, 4.69) is 48.7 Å². The first-order valence-corrected chi connectivity index (χ1v) is 13.0. The van der Waals surface area contributed by atoms with Crippen LogP contribution >= 0.6 is 0 Å². The summed E-state index contributed by atoms with van der Waals surface area (Å²) in [7, 11) is 1.43. The molecule has 0 saturated heterocycles. The van der Waals surface area contributed by atoms with Gasteiger partial charge in [-0.2, -0.15) is 0 Å². The van der Waals surface area contributed by atoms with Crippen LogP contribution in [0.25, 0.3) is 11.0 Å². The molecule has 1 atom stereocenters. The van der Waals surface area contributed by atoms with Crippen molar-refractivity contribution in [3.05, 3.63) is 59.4 Å². The number of carboxylic acid groups (broad SMARTS) is 1. The number of aryl methyl sites for hydroxylation is 1. The Kier molecular flexibility index (Phi) is 6.49. The van der Waals surface area contributed by atoms with Gasteiger partial charge in [0.2, 0.25) is 0 Å². The number of imidazole rings is 1. The molecular formula is C29H35N3O4. The second-order valence-electron chi connectivity index (χ2n) is 10.8. The smallest absolute Gasteiger partial charge is 0.414 e. The standard InChI is InChI=1S/C29H35N3O4/c1-19-9-10-22-23(31(19)28(35)36-3)11-12-24-27(22)30-25(17-20-7-5-4-6-8-20)32(24)21-13-15-29(2,16-14-21)18-26(33)34/h4-8,11-12,19,21H,9-10,13-18H2,1-3H3,(H,33,34)/t19-,21?,29?/m0/s1. The van der Waals surface area contributed by atoms with Gasteiger partial charge in [0.05, 0.1) is 30.3 Å². The Morgan fingerprint density at radius 2 is 1.83 bits per heavy atom. The molecule has 0 unspecified atom stereocenters. The highest BCUT2D eigenvalue weighted by molar-refractivity contribution is 5.95. The molecule has 190 valence electrons. The molecule has 1 aliphatic carbocycles. The van der Waals surface area contributed by atoms with Gasteiger partial charge in [-0.3, -0.25) is 9.69 Å². The summed E-state index contributed by atoms with van der Waals surface area (Å²) in [5.41, 5.74) is 5.12. The molecule has 5 rings (SSSR count). The van der Waals surface area contributed by atoms with Gasteiger partial charge in [-0.25, -0.2) is 9.78 Å². The van der Waals surface area contributed by atoms with Crippen LogP contribution in [0.1, 0.15) is 75.4 Å². The minimum atomic E-state index is -0.718. The monoisotopic (exact) mass is 489 g/mol. The van der Waals surface area contributed by atoms with Crippen molar-refractivity contribution in [1.82, 2.24) is 9.55 Å². The van der Waals surface area contributed by atoms with Crippen LogP contribution in [0.4, 0.5) is 10.5 Å². The minimum absolute atomic E-state index is 0.0681. The Morgan fingerprint density at radius 3 is 2.50 bits per heavy atom. The fourth-order valence-electron chi connectivity index (χ4n) is 6.23. The summed E-state index contributed by atoms with van der Waals surface area (Å²) < 4.78 is 7.50. The molecule has 0 spiro atoms. The SMILES string of the molecule is COC(=O)N1c2ccc3c(nc(Cc4ccccc4)n3C3CCC(C)(CC(=O)O)CC3)c2CC[C@@H]1C. The maximum Gasteiger partial charge on any atom is 0.414 e. The van der Waals surface area contributed by atoms with Crippen molar-refractivity contribution in [2.24, 2.45) is 5.41 Å². The summed E-state index contributed by atoms with van der Waals surface area (Å²) in [6.07, 6.45) is 5.96. The number of fused-ring (bicyclic) bond motifs is 3. The van der Waals surface area contributed by atoms with Crippen molar-refractivity contribution >= 4 is 28.8 Å². The first kappa shape index (κ1) is 24.3. The third kappa shape index (κ3) is 4.47. The minimum Gasteiger partial charge on any atom is -0.481 e. The van der Waals surface area contributed by atoms with Gasteiger partial charge in [0.25, 0.3) is 0 Å². The van der Waals surface area contributed by atoms with Gasteiger partial charge >= 0.3 is 12.1 Å². The fraction of sp³-hybridized carbons (Fsp3) is 0.483. The summed E-state index contributed by atoms with van der Waals surface area (Å²) in [6, 6.07) is 14.9. The molecule has 7 nitrogen and oxygen atoms in total. The maximum atomic E-state index is 12.6. The van der Waals surface area contributed by atoms with Crippen molar-refractivity contribution in [1.29, 1.82) is 0 Å². The average molecular weight is 490 g/mol. The number of hydrogen-bond donors (Lipinski definition) is 1. The quantitative estimate of drug-likeness (QED) is 0.466. The predicted octanol–water partition coefficient (Wildman–Crippen LogP) is 6.13. The zero-order valence-electron chi connectivity index (χ0n) is 21.4. The number of hydrogen-bond acceptors (Lipinski definition) is 4. The van der Waals surface area contributed by atoms with E-state index in [4.69, 9.17) is 9.72 Å². The van der Waals surface area contributed by atoms with E-state index in [9.17, 15) is 14.7 Å². The topological polar surface area (TPSA) is 84.7 Å². The number of carboxylic acids is 1. The molecule has 1 fully saturated rings. The molecule has 1 N–H and O–H groups in total. The van der Waals surface area contributed by atoms with Crippen molar-refractivity contribution in [3.8, 4) is 0 Å². The highest BCUT2D eigenvalue weighted by Gasteiger charge is 2.36. The van der Waals surface area contributed by atoms with E-state index in [-0.39, 0.29) is 30.0 Å². The molecule has 1 aliphatic heterocycles. The van der Waals surface area contributed by atoms with Gasteiger partial charge in [-0.1, -0.05) is 37.3 Å². The number of anilines is 1. The highest BCUT2D eigenvalue weighted by Crippen LogP contribution is 2.45. The number of nitrogens with zero attached hydrogens (tertiary/aromatic N) is 3. The number of aliphatic carboxylic acids is 1. The van der Waals surface area contributed by atoms with E-state index in [1.54, 1.807) is 4.90 Å². The Labute approximate surface area is 212 Å². The number of methoxy groups -OCH3 is 1. The van der Waals surface area contributed by atoms with Crippen LogP contribution in [0.5, 0.6) is 0 Å². The predicted molar refractivity (Wildman–Crippen MR) is 140 cm³/mol. The van der Waals surface area contributed by atoms with Crippen molar-refractivity contribution in [3.63, 3.8) is 0 Å². The van der Waals surface area contributed by atoms with Gasteiger partial charge in [-0.15, -0.1) is 0 Å². The number of aromatic nitrogens is 2. The molecule has 0 bridgehead atoms. The molecule has 7 heteroatoms. The average Bonchev–Trinajstić information content (AvgIpc) is 3.22. The Hall–Kier alpha value is -3.35. The van der Waals surface area contributed by atoms with Crippen LogP contribution in [-0.4, -0.2) is 39.9 Å². The molecule has 2 aliphatic rings. The van der Waals surface area contributed by atoms with Crippen LogP contribution in [-0.2, 0) is 22.4 Å². The number of carbonyl (C=O) groups excluding carboxylic acids is 1. The molecule has 3 aromatic rings. The number of amides is 1. The van der Waals surface area contributed by atoms with Gasteiger partial charge in [0, 0.05) is 24.1 Å². The van der Waals surface area contributed by atoms with Crippen molar-refractivity contribution in [2.45, 2.75) is 77.3 Å². The number of benzene rings is 2. The summed E-state index contributed by atoms with van der Waals surface area (Å²) >= 11 is 0. The van der Waals surface area contributed by atoms with E-state index in [1.165, 1.54) is 12.7 Å². The molecule has 1 amide bonds. The lowest BCUT2D eigenvalue weighted by molar-refractivity contribution is -0.140. The summed E-state index contributed by atoms with van der Waals surface area (Å²) in [5, 5.41) is 9.39. The summed E-state index contributed by atoms with van der Waals surface area (Å²) in [5.74, 6) is 0.310. The van der Waals surface area contributed by atoms with Crippen LogP contribution in [0.2, 0.25) is 0 Å². The molecule has 2 aromatic carbocycles. The van der Waals surface area contributed by atoms with Crippen LogP contribution in [0, 0.1) is 5.41 Å². The van der Waals surface area contributed by atoms with E-state index < -0.39 is 5.97 Å². The van der Waals surface area contributed by atoms with Gasteiger partial charge in [0.15, 0.2) is 0 Å². The summed E-state index contributed by atoms with van der Waals surface area (Å²) in [4.78, 5) is 31.0. The van der Waals surface area contributed by atoms with E-state index in [0.717, 1.165) is 73.1 Å². The largest absolute Gasteiger partial charge is 0.481 e. The van der Waals surface area contributed by atoms with E-state index in [1.807, 2.05) is 12.1 Å². The second-order valence-corrected chi connectivity index (χ2v) is 10.8. The molecule has 2 heterocycles. The van der Waals surface area contributed by atoms with Crippen LogP contribution in [0.3, 0.4) is 0 Å². The normalized spacial score (nSPS) is 23.9. The van der Waals surface area contributed by atoms with Crippen LogP contribution in [0.15, 0.2) is 42.5 Å². The lowest BCUT2D eigenvalue weighted by Crippen LogP contribution is -2.42. The van der Waals surface area contributed by atoms with Gasteiger partial charge in [-0.05, 0) is 68.6 Å². The van der Waals surface area contributed by atoms with Crippen LogP contribution < -0.4 is 4.90 Å². The highest BCUT2D eigenvalue weighted by atomic mass is 16.5. The first-order valence-electron chi connectivity index (χ1n) is 13.0. The zero-order chi connectivity index (χ0) is 25.4. The fourth-order valence-corrected chi connectivity index (χ4v) is 6.23. The lowest BCUT2D eigenvalue weighted by Gasteiger charge is -2.37. The zero-order valence-corrected chi connectivity index (χ0v) is 21.4. The lowest BCUT2D eigenvalue weighted by atomic mass is 9.72. The molecule has 1 aromatic heterocycles. The first-order chi connectivity index (χ1) is 17.3. The second kappa shape index (κ2) is 9.60. The Balaban J connectivity index is 1.58. The van der Waals surface area contributed by atoms with Crippen molar-refractivity contribution < 1.29 is 19.4 Å². The van der Waals surface area contributed by atoms with Gasteiger partial charge < -0.3 is 14.4 Å². The van der Waals surface area contributed by atoms with E-state index >= 15 is 0 Å². The Morgan fingerprint density at radius 1 is 1.11 bits per heavy atom.